The minimum Gasteiger partial charge on any atom is -0.370 e. The number of carbonyl (C=O) groups excluding carboxylic acids is 1. The molecule has 1 aliphatic rings. The van der Waals surface area contributed by atoms with Crippen molar-refractivity contribution in [1.82, 2.24) is 19.4 Å². The molecule has 0 bridgehead atoms. The fraction of sp³-hybridized carbons (Fsp3) is 0.529. The molecule has 7 heteroatoms. The molecule has 0 N–H and O–H groups in total. The maximum absolute atomic E-state index is 11.8. The van der Waals surface area contributed by atoms with E-state index in [1.54, 1.807) is 30.3 Å². The number of nitrogens with zero attached hydrogens (tertiary/aromatic N) is 4. The summed E-state index contributed by atoms with van der Waals surface area (Å²) in [5, 5.41) is 4.29. The van der Waals surface area contributed by atoms with Gasteiger partial charge in [0.1, 0.15) is 6.61 Å². The van der Waals surface area contributed by atoms with Crippen LogP contribution in [0.3, 0.4) is 0 Å². The second-order valence-corrected chi connectivity index (χ2v) is 7.14. The lowest BCUT2D eigenvalue weighted by Gasteiger charge is -2.35. The fourth-order valence-corrected chi connectivity index (χ4v) is 3.72. The molecular formula is C17H24N4O2S. The van der Waals surface area contributed by atoms with Crippen LogP contribution in [0.15, 0.2) is 23.2 Å². The molecule has 1 atom stereocenters. The first-order valence-electron chi connectivity index (χ1n) is 8.09. The normalized spacial score (nSPS) is 17.7. The van der Waals surface area contributed by atoms with Gasteiger partial charge in [0.05, 0.1) is 30.4 Å². The van der Waals surface area contributed by atoms with Gasteiger partial charge >= 0.3 is 0 Å². The Hall–Kier alpha value is -1.70. The van der Waals surface area contributed by atoms with E-state index in [4.69, 9.17) is 4.74 Å². The largest absolute Gasteiger partial charge is 0.370 e. The smallest absolute Gasteiger partial charge is 0.248 e. The Balaban J connectivity index is 1.73. The lowest BCUT2D eigenvalue weighted by molar-refractivity contribution is -0.134. The summed E-state index contributed by atoms with van der Waals surface area (Å²) in [6, 6.07) is 2.29. The molecule has 2 aromatic heterocycles. The SMILES string of the molecule is CN(C)C(=O)COCC1c2c(ncn2C)CCN1Cc1ccsc1. The minimum absolute atomic E-state index is 0.0135. The standard InChI is InChI=1S/C17H24N4O2S/c1-19(2)16(22)10-23-9-15-17-14(18-12-20(17)3)4-6-21(15)8-13-5-7-24-11-13/h5,7,11-12,15H,4,6,8-10H2,1-3H3. The van der Waals surface area contributed by atoms with Crippen LogP contribution in [0.4, 0.5) is 0 Å². The molecular weight excluding hydrogens is 324 g/mol. The monoisotopic (exact) mass is 348 g/mol. The highest BCUT2D eigenvalue weighted by molar-refractivity contribution is 7.07. The maximum Gasteiger partial charge on any atom is 0.248 e. The van der Waals surface area contributed by atoms with Crippen molar-refractivity contribution >= 4 is 17.2 Å². The van der Waals surface area contributed by atoms with Gasteiger partial charge in [-0.1, -0.05) is 0 Å². The Kier molecular flexibility index (Phi) is 5.33. The number of amides is 1. The van der Waals surface area contributed by atoms with Crippen molar-refractivity contribution in [3.63, 3.8) is 0 Å². The number of rotatable bonds is 6. The summed E-state index contributed by atoms with van der Waals surface area (Å²) in [6.45, 7) is 2.46. The third-order valence-corrected chi connectivity index (χ3v) is 5.15. The molecule has 3 rings (SSSR count). The zero-order chi connectivity index (χ0) is 17.1. The summed E-state index contributed by atoms with van der Waals surface area (Å²) >= 11 is 1.72. The molecule has 6 nitrogen and oxygen atoms in total. The molecule has 0 spiro atoms. The van der Waals surface area contributed by atoms with Gasteiger partial charge in [0.2, 0.25) is 5.91 Å². The van der Waals surface area contributed by atoms with Crippen LogP contribution >= 0.6 is 11.3 Å². The van der Waals surface area contributed by atoms with Crippen LogP contribution in [-0.2, 0) is 29.5 Å². The number of fused-ring (bicyclic) bond motifs is 1. The molecule has 1 unspecified atom stereocenters. The summed E-state index contributed by atoms with van der Waals surface area (Å²) in [7, 11) is 5.51. The van der Waals surface area contributed by atoms with Gasteiger partial charge in [0.25, 0.3) is 0 Å². The number of hydrogen-bond acceptors (Lipinski definition) is 5. The van der Waals surface area contributed by atoms with Crippen LogP contribution in [0.5, 0.6) is 0 Å². The molecule has 24 heavy (non-hydrogen) atoms. The second kappa shape index (κ2) is 7.46. The van der Waals surface area contributed by atoms with Gasteiger partial charge in [0, 0.05) is 40.7 Å². The first-order chi connectivity index (χ1) is 11.6. The van der Waals surface area contributed by atoms with E-state index in [1.165, 1.54) is 11.3 Å². The highest BCUT2D eigenvalue weighted by Gasteiger charge is 2.31. The highest BCUT2D eigenvalue weighted by Crippen LogP contribution is 2.30. The summed E-state index contributed by atoms with van der Waals surface area (Å²) < 4.78 is 7.84. The molecule has 1 amide bonds. The van der Waals surface area contributed by atoms with Gasteiger partial charge in [-0.05, 0) is 22.4 Å². The van der Waals surface area contributed by atoms with Gasteiger partial charge in [-0.25, -0.2) is 4.98 Å². The van der Waals surface area contributed by atoms with E-state index in [9.17, 15) is 4.79 Å². The van der Waals surface area contributed by atoms with Crippen molar-refractivity contribution in [2.75, 3.05) is 33.9 Å². The van der Waals surface area contributed by atoms with Crippen molar-refractivity contribution in [2.45, 2.75) is 19.0 Å². The van der Waals surface area contributed by atoms with Gasteiger partial charge in [-0.2, -0.15) is 11.3 Å². The lowest BCUT2D eigenvalue weighted by Crippen LogP contribution is -2.39. The average molecular weight is 348 g/mol. The van der Waals surface area contributed by atoms with Crippen molar-refractivity contribution in [3.8, 4) is 0 Å². The molecule has 3 heterocycles. The van der Waals surface area contributed by atoms with Gasteiger partial charge in [-0.15, -0.1) is 0 Å². The van der Waals surface area contributed by atoms with Crippen molar-refractivity contribution in [3.05, 3.63) is 40.1 Å². The predicted molar refractivity (Wildman–Crippen MR) is 93.9 cm³/mol. The van der Waals surface area contributed by atoms with Crippen LogP contribution < -0.4 is 0 Å². The van der Waals surface area contributed by atoms with Crippen LogP contribution in [0.1, 0.15) is 23.0 Å². The number of ether oxygens (including phenoxy) is 1. The predicted octanol–water partition coefficient (Wildman–Crippen LogP) is 1.69. The van der Waals surface area contributed by atoms with Gasteiger partial charge < -0.3 is 14.2 Å². The van der Waals surface area contributed by atoms with E-state index in [0.29, 0.717) is 6.61 Å². The van der Waals surface area contributed by atoms with Crippen LogP contribution in [0.25, 0.3) is 0 Å². The van der Waals surface area contributed by atoms with E-state index in [1.807, 2.05) is 13.4 Å². The molecule has 0 aliphatic carbocycles. The fourth-order valence-electron chi connectivity index (χ4n) is 3.06. The van der Waals surface area contributed by atoms with Gasteiger partial charge in [-0.3, -0.25) is 9.69 Å². The Morgan fingerprint density at radius 1 is 1.50 bits per heavy atom. The summed E-state index contributed by atoms with van der Waals surface area (Å²) in [5.41, 5.74) is 3.67. The van der Waals surface area contributed by atoms with Crippen molar-refractivity contribution < 1.29 is 9.53 Å². The van der Waals surface area contributed by atoms with Crippen LogP contribution in [0.2, 0.25) is 0 Å². The summed E-state index contributed by atoms with van der Waals surface area (Å²) in [5.74, 6) is -0.0135. The molecule has 130 valence electrons. The Morgan fingerprint density at radius 2 is 2.33 bits per heavy atom. The maximum atomic E-state index is 11.8. The zero-order valence-electron chi connectivity index (χ0n) is 14.4. The quantitative estimate of drug-likeness (QED) is 0.797. The summed E-state index contributed by atoms with van der Waals surface area (Å²) in [6.07, 6.45) is 2.82. The van der Waals surface area contributed by atoms with Crippen molar-refractivity contribution in [1.29, 1.82) is 0 Å². The van der Waals surface area contributed by atoms with E-state index < -0.39 is 0 Å². The third-order valence-electron chi connectivity index (χ3n) is 4.42. The molecule has 0 fully saturated rings. The Bertz CT molecular complexity index is 681. The highest BCUT2D eigenvalue weighted by atomic mass is 32.1. The minimum atomic E-state index is -0.0135. The second-order valence-electron chi connectivity index (χ2n) is 6.36. The average Bonchev–Trinajstić information content (AvgIpc) is 3.19. The van der Waals surface area contributed by atoms with Crippen molar-refractivity contribution in [2.24, 2.45) is 7.05 Å². The number of hydrogen-bond donors (Lipinski definition) is 0. The Labute approximate surface area is 146 Å². The number of aromatic nitrogens is 2. The van der Waals surface area contributed by atoms with Crippen LogP contribution in [0, 0.1) is 0 Å². The lowest BCUT2D eigenvalue weighted by atomic mass is 10.0. The number of thiophene rings is 1. The van der Waals surface area contributed by atoms with E-state index in [-0.39, 0.29) is 18.6 Å². The topological polar surface area (TPSA) is 50.6 Å². The summed E-state index contributed by atoms with van der Waals surface area (Å²) in [4.78, 5) is 20.3. The molecule has 0 aromatic carbocycles. The third kappa shape index (κ3) is 3.68. The van der Waals surface area contributed by atoms with Crippen LogP contribution in [-0.4, -0.2) is 59.1 Å². The molecule has 0 saturated heterocycles. The zero-order valence-corrected chi connectivity index (χ0v) is 15.3. The molecule has 0 saturated carbocycles. The molecule has 2 aromatic rings. The Morgan fingerprint density at radius 3 is 3.04 bits per heavy atom. The first kappa shape index (κ1) is 17.1. The number of imidazole rings is 1. The number of carbonyl (C=O) groups is 1. The van der Waals surface area contributed by atoms with E-state index in [0.717, 1.165) is 25.2 Å². The number of aryl methyl sites for hydroxylation is 1. The molecule has 1 aliphatic heterocycles. The molecule has 0 radical (unpaired) electrons. The first-order valence-corrected chi connectivity index (χ1v) is 9.03. The van der Waals surface area contributed by atoms with E-state index >= 15 is 0 Å². The van der Waals surface area contributed by atoms with E-state index in [2.05, 4.69) is 31.3 Å². The number of likely N-dealkylation sites (N-methyl/N-ethyl adjacent to an activating group) is 1. The van der Waals surface area contributed by atoms with Gasteiger partial charge in [0.15, 0.2) is 0 Å².